The Morgan fingerprint density at radius 3 is 2.68 bits per heavy atom. The van der Waals surface area contributed by atoms with E-state index in [0.29, 0.717) is 23.9 Å². The first-order valence-corrected chi connectivity index (χ1v) is 13.6. The zero-order valence-corrected chi connectivity index (χ0v) is 21.5. The summed E-state index contributed by atoms with van der Waals surface area (Å²) in [5, 5.41) is 13.4. The maximum absolute atomic E-state index is 13.2. The van der Waals surface area contributed by atoms with Gasteiger partial charge in [-0.05, 0) is 73.2 Å². The van der Waals surface area contributed by atoms with E-state index in [0.717, 1.165) is 53.3 Å². The molecule has 192 valence electrons. The van der Waals surface area contributed by atoms with Crippen LogP contribution in [0.25, 0.3) is 21.9 Å². The Balaban J connectivity index is 1.15. The molecule has 2 aromatic heterocycles. The lowest BCUT2D eigenvalue weighted by Gasteiger charge is -2.43. The van der Waals surface area contributed by atoms with Crippen LogP contribution in [0.3, 0.4) is 0 Å². The largest absolute Gasteiger partial charge is 0.451 e. The fraction of sp³-hybridized carbons (Fsp3) is 0.419. The van der Waals surface area contributed by atoms with E-state index in [-0.39, 0.29) is 5.91 Å². The zero-order chi connectivity index (χ0) is 25.4. The summed E-state index contributed by atoms with van der Waals surface area (Å²) >= 11 is 0. The number of fused-ring (bicyclic) bond motifs is 2. The van der Waals surface area contributed by atoms with Crippen molar-refractivity contribution in [3.63, 3.8) is 0 Å². The summed E-state index contributed by atoms with van der Waals surface area (Å²) in [6.07, 6.45) is 9.87. The van der Waals surface area contributed by atoms with Crippen LogP contribution in [0.2, 0.25) is 0 Å². The summed E-state index contributed by atoms with van der Waals surface area (Å²) in [7, 11) is 1.79. The van der Waals surface area contributed by atoms with Gasteiger partial charge in [-0.3, -0.25) is 9.78 Å². The summed E-state index contributed by atoms with van der Waals surface area (Å²) in [5.41, 5.74) is 2.73. The van der Waals surface area contributed by atoms with Crippen LogP contribution in [0.1, 0.15) is 66.6 Å². The van der Waals surface area contributed by atoms with Gasteiger partial charge < -0.3 is 19.3 Å². The molecule has 0 spiro atoms. The molecular formula is C31H35N3O3. The summed E-state index contributed by atoms with van der Waals surface area (Å²) in [6, 6.07) is 18.3. The average molecular weight is 498 g/mol. The lowest BCUT2D eigenvalue weighted by molar-refractivity contribution is -0.0391. The lowest BCUT2D eigenvalue weighted by Crippen LogP contribution is -2.47. The molecule has 1 N–H and O–H groups in total. The molecule has 0 bridgehead atoms. The Labute approximate surface area is 217 Å². The minimum Gasteiger partial charge on any atom is -0.451 e. The van der Waals surface area contributed by atoms with Crippen molar-refractivity contribution in [1.29, 1.82) is 0 Å². The number of benzene rings is 2. The second-order valence-electron chi connectivity index (χ2n) is 10.9. The van der Waals surface area contributed by atoms with Gasteiger partial charge in [0, 0.05) is 49.7 Å². The van der Waals surface area contributed by atoms with Gasteiger partial charge in [-0.2, -0.15) is 0 Å². The van der Waals surface area contributed by atoms with Gasteiger partial charge >= 0.3 is 0 Å². The Morgan fingerprint density at radius 2 is 1.86 bits per heavy atom. The number of hydrogen-bond donors (Lipinski definition) is 1. The highest BCUT2D eigenvalue weighted by Gasteiger charge is 2.36. The molecule has 1 aliphatic heterocycles. The Bertz CT molecular complexity index is 1410. The Kier molecular flexibility index (Phi) is 6.47. The molecule has 0 radical (unpaired) electrons. The standard InChI is InChI=1S/C31H35N3O3/c1-33(21-22-9-11-27-23(18-22)6-5-15-32-27)30(35)29-20-24-19-25(10-12-28(24)37-29)31(36)13-16-34(17-14-31)26-7-3-2-4-8-26/h5-6,9-12,15,18-20,26,36H,2-4,7-8,13-14,16-17,21H2,1H3. The fourth-order valence-electron chi connectivity index (χ4n) is 6.19. The Morgan fingerprint density at radius 1 is 1.05 bits per heavy atom. The highest BCUT2D eigenvalue weighted by atomic mass is 16.3. The molecule has 2 aliphatic rings. The van der Waals surface area contributed by atoms with Gasteiger partial charge in [-0.1, -0.05) is 37.5 Å². The van der Waals surface area contributed by atoms with Crippen LogP contribution in [-0.2, 0) is 12.1 Å². The molecule has 4 aromatic rings. The van der Waals surface area contributed by atoms with Gasteiger partial charge in [0.1, 0.15) is 5.58 Å². The van der Waals surface area contributed by atoms with Gasteiger partial charge in [0.25, 0.3) is 5.91 Å². The van der Waals surface area contributed by atoms with Crippen molar-refractivity contribution >= 4 is 27.8 Å². The third-order valence-electron chi connectivity index (χ3n) is 8.41. The molecule has 2 fully saturated rings. The van der Waals surface area contributed by atoms with Gasteiger partial charge in [-0.25, -0.2) is 0 Å². The first-order chi connectivity index (χ1) is 18.0. The van der Waals surface area contributed by atoms with Crippen LogP contribution in [-0.4, -0.2) is 52.0 Å². The molecule has 3 heterocycles. The van der Waals surface area contributed by atoms with Crippen molar-refractivity contribution in [2.75, 3.05) is 20.1 Å². The molecule has 6 rings (SSSR count). The van der Waals surface area contributed by atoms with Crippen LogP contribution < -0.4 is 0 Å². The van der Waals surface area contributed by atoms with Gasteiger partial charge in [-0.15, -0.1) is 0 Å². The topological polar surface area (TPSA) is 69.8 Å². The van der Waals surface area contributed by atoms with Crippen LogP contribution in [0.15, 0.2) is 65.2 Å². The van der Waals surface area contributed by atoms with E-state index in [2.05, 4.69) is 16.0 Å². The van der Waals surface area contributed by atoms with Crippen molar-refractivity contribution in [2.24, 2.45) is 0 Å². The number of pyridine rings is 1. The predicted octanol–water partition coefficient (Wildman–Crippen LogP) is 5.87. The highest BCUT2D eigenvalue weighted by molar-refractivity contribution is 5.96. The van der Waals surface area contributed by atoms with Crippen molar-refractivity contribution in [3.05, 3.63) is 77.7 Å². The molecule has 37 heavy (non-hydrogen) atoms. The SMILES string of the molecule is CN(Cc1ccc2ncccc2c1)C(=O)c1cc2cc(C3(O)CCN(C4CCCCC4)CC3)ccc2o1. The van der Waals surface area contributed by atoms with Gasteiger partial charge in [0.2, 0.25) is 0 Å². The third-order valence-corrected chi connectivity index (χ3v) is 8.41. The fourth-order valence-corrected chi connectivity index (χ4v) is 6.19. The average Bonchev–Trinajstić information content (AvgIpc) is 3.37. The van der Waals surface area contributed by atoms with E-state index >= 15 is 0 Å². The van der Waals surface area contributed by atoms with Crippen molar-refractivity contribution in [1.82, 2.24) is 14.8 Å². The van der Waals surface area contributed by atoms with Crippen LogP contribution in [0, 0.1) is 0 Å². The number of rotatable bonds is 5. The number of aliphatic hydroxyl groups is 1. The molecule has 1 saturated heterocycles. The van der Waals surface area contributed by atoms with Crippen LogP contribution in [0.5, 0.6) is 0 Å². The predicted molar refractivity (Wildman–Crippen MR) is 145 cm³/mol. The number of aromatic nitrogens is 1. The van der Waals surface area contributed by atoms with Crippen LogP contribution >= 0.6 is 0 Å². The van der Waals surface area contributed by atoms with E-state index in [1.165, 1.54) is 32.1 Å². The second-order valence-corrected chi connectivity index (χ2v) is 10.9. The van der Waals surface area contributed by atoms with Gasteiger partial charge in [0.15, 0.2) is 5.76 Å². The molecular weight excluding hydrogens is 462 g/mol. The minimum absolute atomic E-state index is 0.163. The summed E-state index contributed by atoms with van der Waals surface area (Å²) in [4.78, 5) is 21.8. The van der Waals surface area contributed by atoms with E-state index in [4.69, 9.17) is 4.42 Å². The molecule has 1 amide bonds. The maximum atomic E-state index is 13.2. The molecule has 1 aliphatic carbocycles. The van der Waals surface area contributed by atoms with E-state index in [1.54, 1.807) is 18.1 Å². The van der Waals surface area contributed by atoms with Crippen molar-refractivity contribution in [3.8, 4) is 0 Å². The number of amides is 1. The number of likely N-dealkylation sites (tertiary alicyclic amines) is 1. The Hall–Kier alpha value is -3.22. The quantitative estimate of drug-likeness (QED) is 0.373. The minimum atomic E-state index is -0.831. The third kappa shape index (κ3) is 4.88. The first kappa shape index (κ1) is 24.1. The number of carbonyl (C=O) groups excluding carboxylic acids is 1. The number of carbonyl (C=O) groups is 1. The van der Waals surface area contributed by atoms with E-state index in [9.17, 15) is 9.90 Å². The normalized spacial score (nSPS) is 18.9. The van der Waals surface area contributed by atoms with Crippen molar-refractivity contribution in [2.45, 2.75) is 63.1 Å². The molecule has 6 nitrogen and oxygen atoms in total. The molecule has 0 atom stereocenters. The molecule has 0 unspecified atom stereocenters. The number of nitrogens with zero attached hydrogens (tertiary/aromatic N) is 3. The smallest absolute Gasteiger partial charge is 0.289 e. The van der Waals surface area contributed by atoms with E-state index in [1.807, 2.05) is 48.5 Å². The second kappa shape index (κ2) is 9.92. The van der Waals surface area contributed by atoms with E-state index < -0.39 is 5.60 Å². The zero-order valence-electron chi connectivity index (χ0n) is 21.5. The number of hydrogen-bond acceptors (Lipinski definition) is 5. The molecule has 6 heteroatoms. The highest BCUT2D eigenvalue weighted by Crippen LogP contribution is 2.37. The van der Waals surface area contributed by atoms with Gasteiger partial charge in [0.05, 0.1) is 11.1 Å². The lowest BCUT2D eigenvalue weighted by atomic mass is 9.82. The summed E-state index contributed by atoms with van der Waals surface area (Å²) in [5.74, 6) is 0.153. The first-order valence-electron chi connectivity index (χ1n) is 13.6. The maximum Gasteiger partial charge on any atom is 0.289 e. The van der Waals surface area contributed by atoms with Crippen LogP contribution in [0.4, 0.5) is 0 Å². The van der Waals surface area contributed by atoms with Crippen molar-refractivity contribution < 1.29 is 14.3 Å². The summed E-state index contributed by atoms with van der Waals surface area (Å²) in [6.45, 7) is 2.34. The number of piperidine rings is 1. The number of furan rings is 1. The summed E-state index contributed by atoms with van der Waals surface area (Å²) < 4.78 is 5.94. The monoisotopic (exact) mass is 497 g/mol. The molecule has 1 saturated carbocycles. The molecule has 2 aromatic carbocycles.